The van der Waals surface area contributed by atoms with E-state index in [0.29, 0.717) is 38.5 Å². The number of ether oxygens (including phenoxy) is 3. The summed E-state index contributed by atoms with van der Waals surface area (Å²) in [5.41, 5.74) is 4.81. The molecule has 0 aliphatic rings. The van der Waals surface area contributed by atoms with Crippen molar-refractivity contribution in [1.29, 1.82) is 0 Å². The molecule has 0 aliphatic carbocycles. The molecule has 0 atom stereocenters. The van der Waals surface area contributed by atoms with E-state index in [-0.39, 0.29) is 39.1 Å². The van der Waals surface area contributed by atoms with Crippen LogP contribution in [0, 0.1) is 37.0 Å². The highest BCUT2D eigenvalue weighted by atomic mass is 16.6. The zero-order valence-corrected chi connectivity index (χ0v) is 16.7. The lowest BCUT2D eigenvalue weighted by Crippen LogP contribution is -2.54. The lowest BCUT2D eigenvalue weighted by Gasteiger charge is -2.28. The van der Waals surface area contributed by atoms with E-state index in [2.05, 4.69) is 17.8 Å². The number of rotatable bonds is 15. The second-order valence-corrected chi connectivity index (χ2v) is 6.52. The Morgan fingerprint density at radius 1 is 0.655 bits per heavy atom. The molecule has 0 unspecified atom stereocenters. The van der Waals surface area contributed by atoms with Crippen molar-refractivity contribution in [2.75, 3.05) is 19.8 Å². The van der Waals surface area contributed by atoms with E-state index in [4.69, 9.17) is 39.2 Å². The van der Waals surface area contributed by atoms with Gasteiger partial charge in [0.25, 0.3) is 0 Å². The van der Waals surface area contributed by atoms with Gasteiger partial charge in [0.15, 0.2) is 0 Å². The Bertz CT molecular complexity index is 561. The molecule has 0 aromatic carbocycles. The lowest BCUT2D eigenvalue weighted by atomic mass is 10.1. The van der Waals surface area contributed by atoms with Crippen LogP contribution in [0.5, 0.6) is 0 Å². The average Bonchev–Trinajstić information content (AvgIpc) is 2.70. The Kier molecular flexibility index (Phi) is 14.4. The summed E-state index contributed by atoms with van der Waals surface area (Å²) in [5, 5.41) is 0. The highest BCUT2D eigenvalue weighted by Gasteiger charge is 2.31. The minimum atomic E-state index is -1.37. The Hall–Kier alpha value is -2.95. The van der Waals surface area contributed by atoms with Gasteiger partial charge < -0.3 is 19.9 Å². The molecule has 7 nitrogen and oxygen atoms in total. The number of terminal acetylenes is 3. The fraction of sp³-hybridized carbons (Fsp3) is 0.591. The minimum Gasteiger partial charge on any atom is -0.463 e. The highest BCUT2D eigenvalue weighted by molar-refractivity contribution is 5.70. The molecule has 0 aliphatic heterocycles. The van der Waals surface area contributed by atoms with E-state index in [1.807, 2.05) is 0 Å². The van der Waals surface area contributed by atoms with E-state index in [9.17, 15) is 14.4 Å². The smallest absolute Gasteiger partial charge is 0.305 e. The largest absolute Gasteiger partial charge is 0.463 e. The maximum Gasteiger partial charge on any atom is 0.305 e. The topological polar surface area (TPSA) is 105 Å². The molecule has 158 valence electrons. The number of unbranched alkanes of at least 4 members (excludes halogenated alkanes) is 3. The standard InChI is InChI=1S/C22H29NO6/c1-4-7-10-13-19(24)27-16-22(23,17-28-20(25)14-11-8-5-2)18-29-21(26)15-12-9-6-3/h1-3H,7-18,23H2. The molecule has 0 aromatic heterocycles. The summed E-state index contributed by atoms with van der Waals surface area (Å²) in [5.74, 6) is 5.82. The number of nitrogens with two attached hydrogens (primary N) is 1. The van der Waals surface area contributed by atoms with Crippen LogP contribution in [0.1, 0.15) is 57.8 Å². The molecule has 0 fully saturated rings. The maximum absolute atomic E-state index is 11.8. The third-order valence-electron chi connectivity index (χ3n) is 3.67. The lowest BCUT2D eigenvalue weighted by molar-refractivity contribution is -0.155. The van der Waals surface area contributed by atoms with E-state index in [0.717, 1.165) is 0 Å². The van der Waals surface area contributed by atoms with Gasteiger partial charge in [-0.1, -0.05) is 0 Å². The Labute approximate surface area is 173 Å². The summed E-state index contributed by atoms with van der Waals surface area (Å²) < 4.78 is 15.4. The van der Waals surface area contributed by atoms with Gasteiger partial charge in [-0.25, -0.2) is 0 Å². The summed E-state index contributed by atoms with van der Waals surface area (Å²) in [6.45, 7) is -0.842. The van der Waals surface area contributed by atoms with E-state index in [1.165, 1.54) is 0 Å². The highest BCUT2D eigenvalue weighted by Crippen LogP contribution is 2.09. The summed E-state index contributed by atoms with van der Waals surface area (Å²) >= 11 is 0. The Morgan fingerprint density at radius 3 is 1.17 bits per heavy atom. The minimum absolute atomic E-state index is 0.137. The van der Waals surface area contributed by atoms with E-state index >= 15 is 0 Å². The Morgan fingerprint density at radius 2 is 0.931 bits per heavy atom. The van der Waals surface area contributed by atoms with Gasteiger partial charge in [-0.3, -0.25) is 14.4 Å². The van der Waals surface area contributed by atoms with Crippen LogP contribution in [0.2, 0.25) is 0 Å². The molecular formula is C22H29NO6. The van der Waals surface area contributed by atoms with Crippen LogP contribution >= 0.6 is 0 Å². The molecule has 0 heterocycles. The molecule has 0 saturated heterocycles. The van der Waals surface area contributed by atoms with Crippen molar-refractivity contribution < 1.29 is 28.6 Å². The normalized spacial score (nSPS) is 10.1. The molecule has 0 bridgehead atoms. The molecule has 7 heteroatoms. The van der Waals surface area contributed by atoms with Crippen molar-refractivity contribution in [3.63, 3.8) is 0 Å². The summed E-state index contributed by atoms with van der Waals surface area (Å²) in [7, 11) is 0. The van der Waals surface area contributed by atoms with Crippen molar-refractivity contribution in [1.82, 2.24) is 0 Å². The van der Waals surface area contributed by atoms with Crippen molar-refractivity contribution in [3.05, 3.63) is 0 Å². The van der Waals surface area contributed by atoms with Crippen molar-refractivity contribution in [3.8, 4) is 37.0 Å². The predicted octanol–water partition coefficient (Wildman–Crippen LogP) is 1.72. The molecular weight excluding hydrogens is 374 g/mol. The number of hydrogen-bond acceptors (Lipinski definition) is 7. The average molecular weight is 403 g/mol. The fourth-order valence-corrected chi connectivity index (χ4v) is 2.02. The molecule has 0 aromatic rings. The van der Waals surface area contributed by atoms with Crippen LogP contribution in [-0.4, -0.2) is 43.3 Å². The Balaban J connectivity index is 4.66. The van der Waals surface area contributed by atoms with Crippen LogP contribution in [0.15, 0.2) is 0 Å². The van der Waals surface area contributed by atoms with Gasteiger partial charge in [0.05, 0.1) is 0 Å². The maximum atomic E-state index is 11.8. The van der Waals surface area contributed by atoms with Gasteiger partial charge in [0, 0.05) is 38.5 Å². The first-order valence-corrected chi connectivity index (χ1v) is 9.43. The first kappa shape index (κ1) is 26.1. The van der Waals surface area contributed by atoms with Crippen LogP contribution in [0.4, 0.5) is 0 Å². The zero-order chi connectivity index (χ0) is 22.0. The number of esters is 3. The molecule has 0 spiro atoms. The van der Waals surface area contributed by atoms with E-state index < -0.39 is 23.4 Å². The van der Waals surface area contributed by atoms with Crippen LogP contribution in [-0.2, 0) is 28.6 Å². The van der Waals surface area contributed by atoms with Crippen LogP contribution in [0.3, 0.4) is 0 Å². The third-order valence-corrected chi connectivity index (χ3v) is 3.67. The molecule has 0 rings (SSSR count). The SMILES string of the molecule is C#CCCCC(=O)OCC(N)(COC(=O)CCCC#C)COC(=O)CCCC#C. The third kappa shape index (κ3) is 14.7. The fourth-order valence-electron chi connectivity index (χ4n) is 2.02. The second kappa shape index (κ2) is 16.0. The van der Waals surface area contributed by atoms with Gasteiger partial charge in [0.2, 0.25) is 0 Å². The van der Waals surface area contributed by atoms with Crippen molar-refractivity contribution in [2.45, 2.75) is 63.3 Å². The van der Waals surface area contributed by atoms with Crippen LogP contribution in [0.25, 0.3) is 0 Å². The molecule has 0 radical (unpaired) electrons. The van der Waals surface area contributed by atoms with E-state index in [1.54, 1.807) is 0 Å². The number of carbonyl (C=O) groups is 3. The van der Waals surface area contributed by atoms with Gasteiger partial charge >= 0.3 is 17.9 Å². The summed E-state index contributed by atoms with van der Waals surface area (Å²) in [4.78, 5) is 35.4. The van der Waals surface area contributed by atoms with Gasteiger partial charge in [0.1, 0.15) is 25.4 Å². The monoisotopic (exact) mass is 403 g/mol. The molecule has 0 amide bonds. The van der Waals surface area contributed by atoms with Crippen LogP contribution < -0.4 is 5.73 Å². The quantitative estimate of drug-likeness (QED) is 0.192. The van der Waals surface area contributed by atoms with Gasteiger partial charge in [-0.15, -0.1) is 37.0 Å². The molecule has 2 N–H and O–H groups in total. The summed E-state index contributed by atoms with van der Waals surface area (Å²) in [6, 6.07) is 0. The number of hydrogen-bond donors (Lipinski definition) is 1. The summed E-state index contributed by atoms with van der Waals surface area (Å²) in [6.07, 6.45) is 18.6. The first-order chi connectivity index (χ1) is 13.9. The van der Waals surface area contributed by atoms with Gasteiger partial charge in [-0.2, -0.15) is 0 Å². The van der Waals surface area contributed by atoms with Crippen molar-refractivity contribution >= 4 is 17.9 Å². The van der Waals surface area contributed by atoms with Gasteiger partial charge in [-0.05, 0) is 19.3 Å². The zero-order valence-electron chi connectivity index (χ0n) is 16.7. The molecule has 0 saturated carbocycles. The predicted molar refractivity (Wildman–Crippen MR) is 108 cm³/mol. The number of carbonyl (C=O) groups excluding carboxylic acids is 3. The molecule has 29 heavy (non-hydrogen) atoms. The second-order valence-electron chi connectivity index (χ2n) is 6.52. The first-order valence-electron chi connectivity index (χ1n) is 9.43. The van der Waals surface area contributed by atoms with Crippen molar-refractivity contribution in [2.24, 2.45) is 5.73 Å².